The molecule has 4 rings (SSSR count). The maximum atomic E-state index is 13.0. The summed E-state index contributed by atoms with van der Waals surface area (Å²) in [6.07, 6.45) is 6.22. The molecule has 3 aromatic rings. The number of rotatable bonds is 8. The summed E-state index contributed by atoms with van der Waals surface area (Å²) in [5.41, 5.74) is 2.06. The van der Waals surface area contributed by atoms with E-state index < -0.39 is 10.0 Å². The summed E-state index contributed by atoms with van der Waals surface area (Å²) in [5, 5.41) is 3.88. The number of benzene rings is 2. The largest absolute Gasteiger partial charge is 0.354 e. The summed E-state index contributed by atoms with van der Waals surface area (Å²) >= 11 is 0. The zero-order valence-electron chi connectivity index (χ0n) is 18.5. The number of amides is 1. The number of fused-ring (bicyclic) bond motifs is 1. The first-order chi connectivity index (χ1) is 15.5. The lowest BCUT2D eigenvalue weighted by Gasteiger charge is -2.26. The van der Waals surface area contributed by atoms with Crippen molar-refractivity contribution in [3.63, 3.8) is 0 Å². The molecule has 32 heavy (non-hydrogen) atoms. The molecule has 2 heterocycles. The first kappa shape index (κ1) is 22.6. The Labute approximate surface area is 190 Å². The van der Waals surface area contributed by atoms with Crippen molar-refractivity contribution in [3.05, 3.63) is 66.4 Å². The number of sulfonamides is 1. The average molecular weight is 454 g/mol. The second kappa shape index (κ2) is 9.88. The van der Waals surface area contributed by atoms with Crippen molar-refractivity contribution in [1.29, 1.82) is 0 Å². The number of nitrogens with zero attached hydrogens (tertiary/aromatic N) is 2. The molecule has 1 fully saturated rings. The first-order valence-corrected chi connectivity index (χ1v) is 12.9. The third kappa shape index (κ3) is 4.74. The second-order valence-electron chi connectivity index (χ2n) is 8.36. The van der Waals surface area contributed by atoms with Crippen LogP contribution < -0.4 is 5.32 Å². The van der Waals surface area contributed by atoms with Crippen LogP contribution >= 0.6 is 0 Å². The molecule has 1 amide bonds. The summed E-state index contributed by atoms with van der Waals surface area (Å²) in [6.45, 7) is 3.74. The maximum absolute atomic E-state index is 13.0. The van der Waals surface area contributed by atoms with Crippen LogP contribution in [0.15, 0.2) is 65.7 Å². The van der Waals surface area contributed by atoms with Gasteiger partial charge in [-0.2, -0.15) is 4.31 Å². The van der Waals surface area contributed by atoms with Crippen LogP contribution in [0.1, 0.15) is 44.2 Å². The molecule has 0 spiro atoms. The lowest BCUT2D eigenvalue weighted by molar-refractivity contribution is -0.124. The van der Waals surface area contributed by atoms with Crippen LogP contribution in [-0.2, 0) is 21.2 Å². The molecule has 170 valence electrons. The molecule has 0 unspecified atom stereocenters. The molecule has 1 aliphatic rings. The van der Waals surface area contributed by atoms with Gasteiger partial charge in [0.05, 0.1) is 4.90 Å². The van der Waals surface area contributed by atoms with E-state index >= 15 is 0 Å². The van der Waals surface area contributed by atoms with Crippen molar-refractivity contribution in [2.24, 2.45) is 0 Å². The molecule has 1 saturated heterocycles. The molecule has 0 bridgehead atoms. The summed E-state index contributed by atoms with van der Waals surface area (Å²) in [6, 6.07) is 16.9. The zero-order chi connectivity index (χ0) is 22.6. The van der Waals surface area contributed by atoms with Gasteiger partial charge in [0, 0.05) is 36.7 Å². The van der Waals surface area contributed by atoms with Crippen LogP contribution in [0, 0.1) is 0 Å². The van der Waals surface area contributed by atoms with Gasteiger partial charge in [0.2, 0.25) is 15.9 Å². The smallest absolute Gasteiger partial charge is 0.243 e. The Hall–Kier alpha value is -2.64. The van der Waals surface area contributed by atoms with E-state index in [4.69, 9.17) is 0 Å². The predicted molar refractivity (Wildman–Crippen MR) is 127 cm³/mol. The van der Waals surface area contributed by atoms with Gasteiger partial charge in [-0.3, -0.25) is 4.79 Å². The first-order valence-electron chi connectivity index (χ1n) is 11.4. The van der Waals surface area contributed by atoms with E-state index in [9.17, 15) is 13.2 Å². The molecule has 7 heteroatoms. The Morgan fingerprint density at radius 3 is 2.50 bits per heavy atom. The lowest BCUT2D eigenvalue weighted by atomic mass is 10.1. The van der Waals surface area contributed by atoms with Gasteiger partial charge in [-0.05, 0) is 55.5 Å². The molecular formula is C25H31N3O3S. The van der Waals surface area contributed by atoms with E-state index in [1.54, 1.807) is 16.4 Å². The van der Waals surface area contributed by atoms with Crippen molar-refractivity contribution in [3.8, 4) is 0 Å². The summed E-state index contributed by atoms with van der Waals surface area (Å²) in [7, 11) is -3.48. The summed E-state index contributed by atoms with van der Waals surface area (Å²) in [4.78, 5) is 13.2. The fraction of sp³-hybridized carbons (Fsp3) is 0.400. The highest BCUT2D eigenvalue weighted by atomic mass is 32.2. The minimum atomic E-state index is -3.48. The van der Waals surface area contributed by atoms with Gasteiger partial charge in [-0.15, -0.1) is 0 Å². The number of piperidine rings is 1. The van der Waals surface area contributed by atoms with Gasteiger partial charge < -0.3 is 9.88 Å². The van der Waals surface area contributed by atoms with Crippen LogP contribution in [0.3, 0.4) is 0 Å². The van der Waals surface area contributed by atoms with Gasteiger partial charge >= 0.3 is 0 Å². The summed E-state index contributed by atoms with van der Waals surface area (Å²) in [5.74, 6) is -0.0223. The molecule has 1 atom stereocenters. The van der Waals surface area contributed by atoms with Crippen LogP contribution in [0.2, 0.25) is 0 Å². The molecule has 0 radical (unpaired) electrons. The lowest BCUT2D eigenvalue weighted by Crippen LogP contribution is -2.35. The molecule has 0 saturated carbocycles. The standard InChI is InChI=1S/C25H31N3O3S/c1-2-23(25(29)26-15-13-20-9-5-3-6-10-20)28-18-14-21-19-22(11-12-24(21)28)32(30,31)27-16-7-4-8-17-27/h3,5-6,9-12,14,18-19,23H,2,4,7-8,13,15-17H2,1H3,(H,26,29)/t23-/m1/s1. The molecule has 1 N–H and O–H groups in total. The number of carbonyl (C=O) groups excluding carboxylic acids is 1. The van der Waals surface area contributed by atoms with Crippen LogP contribution in [0.25, 0.3) is 10.9 Å². The predicted octanol–water partition coefficient (Wildman–Crippen LogP) is 4.13. The Kier molecular flexibility index (Phi) is 6.96. The Bertz CT molecular complexity index is 1170. The van der Waals surface area contributed by atoms with E-state index in [0.717, 1.165) is 36.6 Å². The highest BCUT2D eigenvalue weighted by Crippen LogP contribution is 2.27. The van der Waals surface area contributed by atoms with Crippen molar-refractivity contribution in [1.82, 2.24) is 14.2 Å². The molecule has 1 aliphatic heterocycles. The van der Waals surface area contributed by atoms with Crippen molar-refractivity contribution in [2.45, 2.75) is 50.0 Å². The number of hydrogen-bond donors (Lipinski definition) is 1. The minimum Gasteiger partial charge on any atom is -0.354 e. The third-order valence-corrected chi connectivity index (χ3v) is 8.12. The number of aromatic nitrogens is 1. The van der Waals surface area contributed by atoms with Crippen LogP contribution in [0.4, 0.5) is 0 Å². The number of nitrogens with one attached hydrogen (secondary N) is 1. The zero-order valence-corrected chi connectivity index (χ0v) is 19.4. The Morgan fingerprint density at radius 2 is 1.78 bits per heavy atom. The van der Waals surface area contributed by atoms with E-state index in [2.05, 4.69) is 17.4 Å². The number of hydrogen-bond acceptors (Lipinski definition) is 3. The van der Waals surface area contributed by atoms with Gasteiger partial charge in [0.15, 0.2) is 0 Å². The van der Waals surface area contributed by atoms with Gasteiger partial charge in [-0.1, -0.05) is 43.7 Å². The SMILES string of the molecule is CC[C@H](C(=O)NCCc1ccccc1)n1ccc2cc(S(=O)(=O)N3CCCCC3)ccc21. The fourth-order valence-corrected chi connectivity index (χ4v) is 5.98. The van der Waals surface area contributed by atoms with Gasteiger partial charge in [0.25, 0.3) is 0 Å². The van der Waals surface area contributed by atoms with Crippen molar-refractivity contribution in [2.75, 3.05) is 19.6 Å². The summed E-state index contributed by atoms with van der Waals surface area (Å²) < 4.78 is 29.6. The van der Waals surface area contributed by atoms with Gasteiger partial charge in [0.1, 0.15) is 6.04 Å². The van der Waals surface area contributed by atoms with Gasteiger partial charge in [-0.25, -0.2) is 8.42 Å². The van der Waals surface area contributed by atoms with E-state index in [1.165, 1.54) is 5.56 Å². The molecule has 1 aromatic heterocycles. The van der Waals surface area contributed by atoms with Crippen LogP contribution in [-0.4, -0.2) is 42.8 Å². The highest BCUT2D eigenvalue weighted by molar-refractivity contribution is 7.89. The second-order valence-corrected chi connectivity index (χ2v) is 10.3. The van der Waals surface area contributed by atoms with Crippen molar-refractivity contribution < 1.29 is 13.2 Å². The van der Waals surface area contributed by atoms with Crippen molar-refractivity contribution >= 4 is 26.8 Å². The topological polar surface area (TPSA) is 71.4 Å². The molecule has 2 aromatic carbocycles. The average Bonchev–Trinajstić information content (AvgIpc) is 3.24. The molecule has 6 nitrogen and oxygen atoms in total. The monoisotopic (exact) mass is 453 g/mol. The molecule has 0 aliphatic carbocycles. The Morgan fingerprint density at radius 1 is 1.03 bits per heavy atom. The third-order valence-electron chi connectivity index (χ3n) is 6.23. The van der Waals surface area contributed by atoms with Crippen LogP contribution in [0.5, 0.6) is 0 Å². The molecular weight excluding hydrogens is 422 g/mol. The normalized spacial score (nSPS) is 16.2. The Balaban J connectivity index is 1.50. The fourth-order valence-electron chi connectivity index (χ4n) is 4.43. The maximum Gasteiger partial charge on any atom is 0.243 e. The minimum absolute atomic E-state index is 0.0223. The quantitative estimate of drug-likeness (QED) is 0.558. The van der Waals surface area contributed by atoms with E-state index in [-0.39, 0.29) is 11.9 Å². The van der Waals surface area contributed by atoms with E-state index in [0.29, 0.717) is 31.0 Å². The highest BCUT2D eigenvalue weighted by Gasteiger charge is 2.27. The van der Waals surface area contributed by atoms with E-state index in [1.807, 2.05) is 48.0 Å². The number of carbonyl (C=O) groups is 1.